The number of aromatic nitrogens is 3. The van der Waals surface area contributed by atoms with Crippen molar-refractivity contribution in [3.8, 4) is 0 Å². The molecule has 2 aromatic rings. The van der Waals surface area contributed by atoms with Gasteiger partial charge in [-0.2, -0.15) is 0 Å². The number of aryl methyl sites for hydroxylation is 2. The van der Waals surface area contributed by atoms with Crippen LogP contribution in [0.2, 0.25) is 0 Å². The zero-order chi connectivity index (χ0) is 12.3. The minimum Gasteiger partial charge on any atom is -0.359 e. The van der Waals surface area contributed by atoms with Gasteiger partial charge in [0.05, 0.1) is 11.4 Å². The van der Waals surface area contributed by atoms with E-state index >= 15 is 0 Å². The summed E-state index contributed by atoms with van der Waals surface area (Å²) < 4.78 is 0. The molecular formula is C12H13N3OS. The van der Waals surface area contributed by atoms with Gasteiger partial charge >= 0.3 is 0 Å². The van der Waals surface area contributed by atoms with Crippen molar-refractivity contribution in [2.45, 2.75) is 19.0 Å². The van der Waals surface area contributed by atoms with Gasteiger partial charge in [-0.1, -0.05) is 11.8 Å². The summed E-state index contributed by atoms with van der Waals surface area (Å²) in [6.07, 6.45) is 1.74. The second-order valence-electron chi connectivity index (χ2n) is 3.73. The van der Waals surface area contributed by atoms with E-state index in [9.17, 15) is 4.79 Å². The van der Waals surface area contributed by atoms with Crippen LogP contribution in [0.5, 0.6) is 0 Å². The van der Waals surface area contributed by atoms with Gasteiger partial charge in [0.1, 0.15) is 0 Å². The number of nitrogens with zero attached hydrogens (tertiary/aromatic N) is 2. The highest BCUT2D eigenvalue weighted by molar-refractivity contribution is 7.99. The fraction of sp³-hybridized carbons (Fsp3) is 0.250. The Morgan fingerprint density at radius 3 is 2.65 bits per heavy atom. The number of hydrogen-bond acceptors (Lipinski definition) is 4. The van der Waals surface area contributed by atoms with Gasteiger partial charge in [-0.15, -0.1) is 0 Å². The summed E-state index contributed by atoms with van der Waals surface area (Å²) in [5.41, 5.74) is 2.47. The van der Waals surface area contributed by atoms with E-state index in [1.54, 1.807) is 12.3 Å². The molecule has 0 amide bonds. The standard InChI is InChI=1S/C12H13N3OS/c1-8-6-9(2)15-12(14-8)17-7-11(16)10-4-3-5-13-10/h3-6,13H,7H2,1-2H3. The third-order valence-electron chi connectivity index (χ3n) is 2.19. The van der Waals surface area contributed by atoms with Crippen molar-refractivity contribution < 1.29 is 4.79 Å². The summed E-state index contributed by atoms with van der Waals surface area (Å²) >= 11 is 1.36. The van der Waals surface area contributed by atoms with Crippen LogP contribution in [0.25, 0.3) is 0 Å². The second-order valence-corrected chi connectivity index (χ2v) is 4.67. The zero-order valence-corrected chi connectivity index (χ0v) is 10.5. The summed E-state index contributed by atoms with van der Waals surface area (Å²) in [6.45, 7) is 3.84. The Hall–Kier alpha value is -1.62. The van der Waals surface area contributed by atoms with Crippen LogP contribution >= 0.6 is 11.8 Å². The Balaban J connectivity index is 2.00. The third kappa shape index (κ3) is 3.17. The van der Waals surface area contributed by atoms with Gasteiger partial charge in [0, 0.05) is 17.6 Å². The molecule has 0 spiro atoms. The van der Waals surface area contributed by atoms with Crippen molar-refractivity contribution in [2.75, 3.05) is 5.75 Å². The molecule has 2 heterocycles. The number of rotatable bonds is 4. The fourth-order valence-corrected chi connectivity index (χ4v) is 2.30. The molecule has 0 atom stereocenters. The van der Waals surface area contributed by atoms with E-state index in [4.69, 9.17) is 0 Å². The molecule has 0 aliphatic rings. The highest BCUT2D eigenvalue weighted by Crippen LogP contribution is 2.15. The van der Waals surface area contributed by atoms with Crippen molar-refractivity contribution in [2.24, 2.45) is 0 Å². The molecule has 0 fully saturated rings. The maximum Gasteiger partial charge on any atom is 0.189 e. The van der Waals surface area contributed by atoms with Gasteiger partial charge < -0.3 is 4.98 Å². The van der Waals surface area contributed by atoms with E-state index in [1.165, 1.54) is 11.8 Å². The monoisotopic (exact) mass is 247 g/mol. The van der Waals surface area contributed by atoms with E-state index < -0.39 is 0 Å². The van der Waals surface area contributed by atoms with Gasteiger partial charge in [-0.3, -0.25) is 4.79 Å². The summed E-state index contributed by atoms with van der Waals surface area (Å²) in [5.74, 6) is 0.409. The smallest absolute Gasteiger partial charge is 0.189 e. The highest BCUT2D eigenvalue weighted by atomic mass is 32.2. The Kier molecular flexibility index (Phi) is 3.58. The number of carbonyl (C=O) groups is 1. The first-order chi connectivity index (χ1) is 8.15. The first-order valence-electron chi connectivity index (χ1n) is 5.27. The first kappa shape index (κ1) is 11.9. The van der Waals surface area contributed by atoms with Gasteiger partial charge in [0.25, 0.3) is 0 Å². The molecule has 0 saturated carbocycles. The Bertz CT molecular complexity index is 502. The lowest BCUT2D eigenvalue weighted by atomic mass is 10.3. The molecule has 5 heteroatoms. The molecule has 17 heavy (non-hydrogen) atoms. The van der Waals surface area contributed by atoms with E-state index in [1.807, 2.05) is 26.0 Å². The van der Waals surface area contributed by atoms with Crippen LogP contribution < -0.4 is 0 Å². The number of thioether (sulfide) groups is 1. The quantitative estimate of drug-likeness (QED) is 0.512. The van der Waals surface area contributed by atoms with E-state index in [0.29, 0.717) is 16.6 Å². The van der Waals surface area contributed by atoms with Gasteiger partial charge in [-0.25, -0.2) is 9.97 Å². The van der Waals surface area contributed by atoms with Crippen LogP contribution in [-0.2, 0) is 0 Å². The minimum atomic E-state index is 0.0581. The molecule has 0 aromatic carbocycles. The van der Waals surface area contributed by atoms with Crippen molar-refractivity contribution in [1.29, 1.82) is 0 Å². The van der Waals surface area contributed by atoms with E-state index in [-0.39, 0.29) is 5.78 Å². The highest BCUT2D eigenvalue weighted by Gasteiger charge is 2.08. The number of carbonyl (C=O) groups excluding carboxylic acids is 1. The minimum absolute atomic E-state index is 0.0581. The predicted octanol–water partition coefficient (Wildman–Crippen LogP) is 2.40. The predicted molar refractivity (Wildman–Crippen MR) is 67.4 cm³/mol. The van der Waals surface area contributed by atoms with Gasteiger partial charge in [-0.05, 0) is 32.0 Å². The lowest BCUT2D eigenvalue weighted by molar-refractivity contribution is 0.101. The molecule has 0 radical (unpaired) electrons. The molecule has 0 aliphatic carbocycles. The molecule has 0 unspecified atom stereocenters. The van der Waals surface area contributed by atoms with Crippen molar-refractivity contribution >= 4 is 17.5 Å². The van der Waals surface area contributed by atoms with Crippen LogP contribution in [0, 0.1) is 13.8 Å². The normalized spacial score (nSPS) is 10.5. The molecule has 2 aromatic heterocycles. The zero-order valence-electron chi connectivity index (χ0n) is 9.73. The Morgan fingerprint density at radius 2 is 2.06 bits per heavy atom. The largest absolute Gasteiger partial charge is 0.359 e. The van der Waals surface area contributed by atoms with Crippen LogP contribution in [0.1, 0.15) is 21.9 Å². The summed E-state index contributed by atoms with van der Waals surface area (Å²) in [7, 11) is 0. The van der Waals surface area contributed by atoms with Crippen molar-refractivity contribution in [3.05, 3.63) is 41.5 Å². The molecule has 1 N–H and O–H groups in total. The average molecular weight is 247 g/mol. The molecule has 4 nitrogen and oxygen atoms in total. The maximum atomic E-state index is 11.7. The molecule has 2 rings (SSSR count). The van der Waals surface area contributed by atoms with E-state index in [0.717, 1.165) is 11.4 Å². The molecule has 88 valence electrons. The topological polar surface area (TPSA) is 58.6 Å². The van der Waals surface area contributed by atoms with Crippen molar-refractivity contribution in [3.63, 3.8) is 0 Å². The third-order valence-corrected chi connectivity index (χ3v) is 3.04. The maximum absolute atomic E-state index is 11.7. The number of aromatic amines is 1. The van der Waals surface area contributed by atoms with Crippen LogP contribution in [0.3, 0.4) is 0 Å². The second kappa shape index (κ2) is 5.14. The Morgan fingerprint density at radius 1 is 1.35 bits per heavy atom. The lowest BCUT2D eigenvalue weighted by Crippen LogP contribution is -2.04. The van der Waals surface area contributed by atoms with Crippen LogP contribution in [0.15, 0.2) is 29.6 Å². The van der Waals surface area contributed by atoms with Gasteiger partial charge in [0.15, 0.2) is 10.9 Å². The number of Topliss-reactive ketones (excluding diaryl/α,β-unsaturated/α-hetero) is 1. The van der Waals surface area contributed by atoms with Crippen LogP contribution in [0.4, 0.5) is 0 Å². The van der Waals surface area contributed by atoms with Crippen LogP contribution in [-0.4, -0.2) is 26.5 Å². The van der Waals surface area contributed by atoms with E-state index in [2.05, 4.69) is 15.0 Å². The number of H-pyrrole nitrogens is 1. The Labute approximate surface area is 104 Å². The molecular weight excluding hydrogens is 234 g/mol. The number of hydrogen-bond donors (Lipinski definition) is 1. The first-order valence-corrected chi connectivity index (χ1v) is 6.25. The summed E-state index contributed by atoms with van der Waals surface area (Å²) in [4.78, 5) is 23.2. The average Bonchev–Trinajstić information content (AvgIpc) is 2.78. The summed E-state index contributed by atoms with van der Waals surface area (Å²) in [6, 6.07) is 5.49. The van der Waals surface area contributed by atoms with Gasteiger partial charge in [0.2, 0.25) is 0 Å². The molecule has 0 saturated heterocycles. The number of ketones is 1. The van der Waals surface area contributed by atoms with Crippen molar-refractivity contribution in [1.82, 2.24) is 15.0 Å². The fourth-order valence-electron chi connectivity index (χ4n) is 1.47. The number of nitrogens with one attached hydrogen (secondary N) is 1. The summed E-state index contributed by atoms with van der Waals surface area (Å²) in [5, 5.41) is 0.655. The molecule has 0 aliphatic heterocycles. The SMILES string of the molecule is Cc1cc(C)nc(SCC(=O)c2ccc[nH]2)n1. The lowest BCUT2D eigenvalue weighted by Gasteiger charge is -2.01. The molecule has 0 bridgehead atoms.